The van der Waals surface area contributed by atoms with Crippen LogP contribution in [0.15, 0.2) is 30.3 Å². The van der Waals surface area contributed by atoms with Gasteiger partial charge >= 0.3 is 0 Å². The Balaban J connectivity index is 2.02. The number of carbonyl (C=O) groups excluding carboxylic acids is 1. The van der Waals surface area contributed by atoms with Gasteiger partial charge in [-0.25, -0.2) is 0 Å². The highest BCUT2D eigenvalue weighted by Gasteiger charge is 2.10. The van der Waals surface area contributed by atoms with Crippen molar-refractivity contribution in [2.24, 2.45) is 0 Å². The number of rotatable bonds is 4. The van der Waals surface area contributed by atoms with Crippen molar-refractivity contribution in [2.75, 3.05) is 17.2 Å². The minimum Gasteiger partial charge on any atom is -0.375 e. The fourth-order valence-electron chi connectivity index (χ4n) is 1.63. The summed E-state index contributed by atoms with van der Waals surface area (Å²) in [5.74, 6) is -0.323. The van der Waals surface area contributed by atoms with Gasteiger partial charge in [0.25, 0.3) is 0 Å². The summed E-state index contributed by atoms with van der Waals surface area (Å²) in [5, 5.41) is 7.18. The molecule has 0 radical (unpaired) electrons. The van der Waals surface area contributed by atoms with Gasteiger partial charge in [-0.05, 0) is 24.3 Å². The quantitative estimate of drug-likeness (QED) is 0.620. The van der Waals surface area contributed by atoms with Crippen LogP contribution < -0.4 is 10.6 Å². The lowest BCUT2D eigenvalue weighted by Crippen LogP contribution is -2.22. The molecule has 2 aromatic carbocycles. The molecule has 0 unspecified atom stereocenters. The Morgan fingerprint density at radius 3 is 2.27 bits per heavy atom. The van der Waals surface area contributed by atoms with Crippen molar-refractivity contribution in [3.8, 4) is 0 Å². The van der Waals surface area contributed by atoms with E-state index in [0.29, 0.717) is 36.5 Å². The molecule has 0 aliphatic rings. The van der Waals surface area contributed by atoms with Crippen molar-refractivity contribution in [1.82, 2.24) is 0 Å². The molecule has 0 fully saturated rings. The molecule has 0 heterocycles. The zero-order valence-corrected chi connectivity index (χ0v) is 14.7. The van der Waals surface area contributed by atoms with Gasteiger partial charge in [-0.2, -0.15) is 0 Å². The maximum Gasteiger partial charge on any atom is 0.243 e. The molecule has 0 saturated heterocycles. The zero-order valence-electron chi connectivity index (χ0n) is 10.9. The van der Waals surface area contributed by atoms with Gasteiger partial charge in [0.05, 0.1) is 43.0 Å². The molecule has 0 aromatic heterocycles. The summed E-state index contributed by atoms with van der Waals surface area (Å²) in [7, 11) is 0. The number of hydrogen-bond donors (Lipinski definition) is 2. The van der Waals surface area contributed by atoms with Gasteiger partial charge in [-0.1, -0.05) is 64.1 Å². The lowest BCUT2D eigenvalue weighted by Gasteiger charge is -2.11. The third kappa shape index (κ3) is 4.34. The minimum atomic E-state index is -0.323. The van der Waals surface area contributed by atoms with E-state index < -0.39 is 0 Å². The van der Waals surface area contributed by atoms with E-state index in [0.717, 1.165) is 0 Å². The van der Waals surface area contributed by atoms with Gasteiger partial charge in [0, 0.05) is 0 Å². The predicted molar refractivity (Wildman–Crippen MR) is 95.1 cm³/mol. The van der Waals surface area contributed by atoms with E-state index >= 15 is 0 Å². The molecule has 2 rings (SSSR count). The van der Waals surface area contributed by atoms with E-state index in [4.69, 9.17) is 58.0 Å². The molecule has 0 atom stereocenters. The molecule has 3 nitrogen and oxygen atoms in total. The predicted octanol–water partition coefficient (Wildman–Crippen LogP) is 6.00. The normalized spacial score (nSPS) is 10.4. The van der Waals surface area contributed by atoms with Crippen LogP contribution in [-0.4, -0.2) is 12.5 Å². The number of hydrogen-bond acceptors (Lipinski definition) is 2. The van der Waals surface area contributed by atoms with E-state index in [1.165, 1.54) is 12.1 Å². The summed E-state index contributed by atoms with van der Waals surface area (Å²) in [6, 6.07) is 8.04. The highest BCUT2D eigenvalue weighted by Crippen LogP contribution is 2.32. The first-order valence-electron chi connectivity index (χ1n) is 6.00. The second kappa shape index (κ2) is 7.62. The van der Waals surface area contributed by atoms with Crippen molar-refractivity contribution >= 4 is 75.3 Å². The molecular formula is C14H9Cl5N2O. The number of nitrogens with one attached hydrogen (secondary N) is 2. The summed E-state index contributed by atoms with van der Waals surface area (Å²) in [5.41, 5.74) is 0.935. The maximum absolute atomic E-state index is 11.9. The zero-order chi connectivity index (χ0) is 16.3. The lowest BCUT2D eigenvalue weighted by atomic mass is 10.3. The van der Waals surface area contributed by atoms with Crippen LogP contribution >= 0.6 is 58.0 Å². The highest BCUT2D eigenvalue weighted by atomic mass is 35.5. The van der Waals surface area contributed by atoms with Crippen molar-refractivity contribution in [3.05, 3.63) is 55.4 Å². The molecule has 22 heavy (non-hydrogen) atoms. The van der Waals surface area contributed by atoms with Crippen LogP contribution in [0.25, 0.3) is 0 Å². The third-order valence-corrected chi connectivity index (χ3v) is 4.53. The number of halogens is 5. The van der Waals surface area contributed by atoms with Gasteiger partial charge in [0.15, 0.2) is 0 Å². The van der Waals surface area contributed by atoms with E-state index in [1.54, 1.807) is 18.2 Å². The Labute approximate surface area is 152 Å². The van der Waals surface area contributed by atoms with Crippen molar-refractivity contribution in [1.29, 1.82) is 0 Å². The van der Waals surface area contributed by atoms with Crippen molar-refractivity contribution in [2.45, 2.75) is 0 Å². The molecule has 1 amide bonds. The van der Waals surface area contributed by atoms with Crippen LogP contribution in [0.1, 0.15) is 0 Å². The van der Waals surface area contributed by atoms with E-state index in [1.807, 2.05) is 0 Å². The minimum absolute atomic E-state index is 0.0172. The van der Waals surface area contributed by atoms with Crippen LogP contribution in [0, 0.1) is 0 Å². The topological polar surface area (TPSA) is 41.1 Å². The van der Waals surface area contributed by atoms with Crippen LogP contribution in [0.2, 0.25) is 25.1 Å². The van der Waals surface area contributed by atoms with Crippen molar-refractivity contribution < 1.29 is 4.79 Å². The molecule has 0 aliphatic carbocycles. The van der Waals surface area contributed by atoms with Crippen LogP contribution in [0.4, 0.5) is 11.4 Å². The van der Waals surface area contributed by atoms with Gasteiger partial charge in [0.1, 0.15) is 0 Å². The number of carbonyl (C=O) groups is 1. The van der Waals surface area contributed by atoms with E-state index in [-0.39, 0.29) is 12.5 Å². The monoisotopic (exact) mass is 396 g/mol. The molecule has 116 valence electrons. The van der Waals surface area contributed by atoms with Gasteiger partial charge in [0.2, 0.25) is 5.91 Å². The molecule has 0 saturated carbocycles. The van der Waals surface area contributed by atoms with E-state index in [2.05, 4.69) is 10.6 Å². The first kappa shape index (κ1) is 17.5. The largest absolute Gasteiger partial charge is 0.375 e. The van der Waals surface area contributed by atoms with Crippen molar-refractivity contribution in [3.63, 3.8) is 0 Å². The Bertz CT molecular complexity index is 721. The Hall–Kier alpha value is -0.840. The SMILES string of the molecule is O=C(CNc1cccc(Cl)c1Cl)Nc1cc(Cl)c(Cl)cc1Cl. The molecule has 8 heteroatoms. The fourth-order valence-corrected chi connectivity index (χ4v) is 2.59. The smallest absolute Gasteiger partial charge is 0.243 e. The van der Waals surface area contributed by atoms with Gasteiger partial charge < -0.3 is 10.6 Å². The molecular weight excluding hydrogens is 389 g/mol. The van der Waals surface area contributed by atoms with Gasteiger partial charge in [-0.15, -0.1) is 0 Å². The third-order valence-electron chi connectivity index (χ3n) is 2.68. The highest BCUT2D eigenvalue weighted by molar-refractivity contribution is 6.44. The lowest BCUT2D eigenvalue weighted by molar-refractivity contribution is -0.114. The summed E-state index contributed by atoms with van der Waals surface area (Å²) >= 11 is 29.6. The van der Waals surface area contributed by atoms with Gasteiger partial charge in [-0.3, -0.25) is 4.79 Å². The second-order valence-corrected chi connectivity index (χ2v) is 6.26. The molecule has 2 aromatic rings. The Kier molecular flexibility index (Phi) is 6.07. The maximum atomic E-state index is 11.9. The number of anilines is 2. The average Bonchev–Trinajstić information content (AvgIpc) is 2.46. The molecule has 2 N–H and O–H groups in total. The summed E-state index contributed by atoms with van der Waals surface area (Å²) in [6.45, 7) is -0.0172. The standard InChI is InChI=1S/C14H9Cl5N2O/c15-7-2-1-3-11(14(7)19)20-6-13(22)21-12-5-9(17)8(16)4-10(12)18/h1-5,20H,6H2,(H,21,22). The molecule has 0 aliphatic heterocycles. The molecule has 0 spiro atoms. The Morgan fingerprint density at radius 2 is 1.55 bits per heavy atom. The van der Waals surface area contributed by atoms with Crippen LogP contribution in [0.3, 0.4) is 0 Å². The summed E-state index contributed by atoms with van der Waals surface area (Å²) < 4.78 is 0. The second-order valence-electron chi connectivity index (χ2n) is 4.25. The first-order chi connectivity index (χ1) is 10.4. The first-order valence-corrected chi connectivity index (χ1v) is 7.89. The van der Waals surface area contributed by atoms with E-state index in [9.17, 15) is 4.79 Å². The fraction of sp³-hybridized carbons (Fsp3) is 0.0714. The van der Waals surface area contributed by atoms with Crippen LogP contribution in [-0.2, 0) is 4.79 Å². The average molecular weight is 399 g/mol. The number of benzene rings is 2. The molecule has 0 bridgehead atoms. The summed E-state index contributed by atoms with van der Waals surface area (Å²) in [4.78, 5) is 11.9. The number of amides is 1. The summed E-state index contributed by atoms with van der Waals surface area (Å²) in [6.07, 6.45) is 0. The van der Waals surface area contributed by atoms with Crippen LogP contribution in [0.5, 0.6) is 0 Å². The Morgan fingerprint density at radius 1 is 0.864 bits per heavy atom.